The lowest BCUT2D eigenvalue weighted by atomic mass is 10.1. The number of carbonyl (C=O) groups excluding carboxylic acids is 1. The summed E-state index contributed by atoms with van der Waals surface area (Å²) in [6.45, 7) is 1.50. The monoisotopic (exact) mass is 451 g/mol. The highest BCUT2D eigenvalue weighted by Gasteiger charge is 2.35. The summed E-state index contributed by atoms with van der Waals surface area (Å²) in [4.78, 5) is 26.6. The van der Waals surface area contributed by atoms with Crippen molar-refractivity contribution < 1.29 is 23.1 Å². The maximum absolute atomic E-state index is 12.8. The molecular weight excluding hydrogens is 430 g/mol. The van der Waals surface area contributed by atoms with Gasteiger partial charge in [-0.3, -0.25) is 4.79 Å². The Hall–Kier alpha value is -3.46. The van der Waals surface area contributed by atoms with E-state index in [0.717, 1.165) is 32.4 Å². The highest BCUT2D eigenvalue weighted by atomic mass is 32.2. The number of hydrogen-bond acceptors (Lipinski definition) is 5. The van der Waals surface area contributed by atoms with Crippen LogP contribution in [0.2, 0.25) is 0 Å². The third kappa shape index (κ3) is 3.29. The molecule has 2 aliphatic heterocycles. The molecule has 3 aromatic rings. The Morgan fingerprint density at radius 1 is 0.938 bits per heavy atom. The molecule has 2 aliphatic rings. The van der Waals surface area contributed by atoms with E-state index >= 15 is 0 Å². The maximum atomic E-state index is 12.8. The van der Waals surface area contributed by atoms with Gasteiger partial charge in [0.25, 0.3) is 5.91 Å². The van der Waals surface area contributed by atoms with Crippen molar-refractivity contribution in [2.75, 3.05) is 13.1 Å². The molecule has 1 aromatic heterocycles. The van der Waals surface area contributed by atoms with Crippen LogP contribution >= 0.6 is 0 Å². The number of amides is 1. The normalized spacial score (nSPS) is 16.8. The highest BCUT2D eigenvalue weighted by molar-refractivity contribution is 7.90. The summed E-state index contributed by atoms with van der Waals surface area (Å²) in [5.41, 5.74) is 1.86. The molecule has 0 spiro atoms. The molecule has 0 unspecified atom stereocenters. The van der Waals surface area contributed by atoms with E-state index < -0.39 is 21.6 Å². The maximum Gasteiger partial charge on any atom is 0.356 e. The molecule has 0 aliphatic carbocycles. The average Bonchev–Trinajstić information content (AvgIpc) is 3.18. The lowest BCUT2D eigenvalue weighted by Gasteiger charge is -2.26. The fourth-order valence-corrected chi connectivity index (χ4v) is 6.04. The zero-order valence-electron chi connectivity index (χ0n) is 17.2. The second-order valence-corrected chi connectivity index (χ2v) is 10.0. The second-order valence-electron chi connectivity index (χ2n) is 8.05. The number of benzene rings is 2. The van der Waals surface area contributed by atoms with Crippen LogP contribution in [0.25, 0.3) is 16.9 Å². The van der Waals surface area contributed by atoms with Gasteiger partial charge in [0.2, 0.25) is 0 Å². The van der Waals surface area contributed by atoms with Gasteiger partial charge in [-0.1, -0.05) is 18.2 Å². The van der Waals surface area contributed by atoms with E-state index in [4.69, 9.17) is 0 Å². The largest absolute Gasteiger partial charge is 0.476 e. The topological polar surface area (TPSA) is 110 Å². The molecule has 0 saturated carbocycles. The number of hydrogen-bond donors (Lipinski definition) is 1. The Kier molecular flexibility index (Phi) is 4.85. The number of nitrogens with zero attached hydrogens (tertiary/aromatic N) is 3. The number of carbonyl (C=O) groups is 2. The van der Waals surface area contributed by atoms with Crippen molar-refractivity contribution >= 4 is 21.7 Å². The van der Waals surface area contributed by atoms with Gasteiger partial charge >= 0.3 is 5.97 Å². The van der Waals surface area contributed by atoms with Crippen molar-refractivity contribution in [3.05, 3.63) is 65.4 Å². The lowest BCUT2D eigenvalue weighted by Crippen LogP contribution is -2.35. The third-order valence-electron chi connectivity index (χ3n) is 6.00. The molecule has 164 valence electrons. The first-order chi connectivity index (χ1) is 15.4. The molecule has 9 heteroatoms. The molecule has 3 heterocycles. The van der Waals surface area contributed by atoms with Gasteiger partial charge in [0.1, 0.15) is 0 Å². The molecule has 32 heavy (non-hydrogen) atoms. The number of sulfone groups is 1. The Morgan fingerprint density at radius 3 is 2.31 bits per heavy atom. The number of likely N-dealkylation sites (tertiary alicyclic amines) is 1. The number of fused-ring (bicyclic) bond motifs is 3. The van der Waals surface area contributed by atoms with Crippen molar-refractivity contribution in [2.45, 2.75) is 29.9 Å². The zero-order valence-corrected chi connectivity index (χ0v) is 18.0. The molecular formula is C23H21N3O5S. The van der Waals surface area contributed by atoms with Crippen LogP contribution in [-0.2, 0) is 15.6 Å². The van der Waals surface area contributed by atoms with Crippen LogP contribution in [0.15, 0.2) is 53.4 Å². The number of piperidine rings is 1. The molecule has 1 amide bonds. The van der Waals surface area contributed by atoms with Gasteiger partial charge in [-0.15, -0.1) is 0 Å². The lowest BCUT2D eigenvalue weighted by molar-refractivity contribution is 0.0687. The molecule has 1 N–H and O–H groups in total. The standard InChI is InChI=1S/C23H21N3O5S/c27-22(25-12-4-1-5-13-25)15-8-10-16(11-9-15)26-21-17-6-2-3-7-19(17)32(30,31)14-18(21)20(24-26)23(28)29/h2-3,6-11H,1,4-5,12-14H2,(H,28,29). The molecule has 1 saturated heterocycles. The molecule has 2 aromatic carbocycles. The molecule has 5 rings (SSSR count). The number of rotatable bonds is 3. The highest BCUT2D eigenvalue weighted by Crippen LogP contribution is 2.40. The van der Waals surface area contributed by atoms with Gasteiger partial charge in [0.05, 0.1) is 22.0 Å². The van der Waals surface area contributed by atoms with Gasteiger partial charge in [-0.25, -0.2) is 17.9 Å². The first-order valence-electron chi connectivity index (χ1n) is 10.4. The molecule has 1 fully saturated rings. The molecule has 0 radical (unpaired) electrons. The summed E-state index contributed by atoms with van der Waals surface area (Å²) in [6.07, 6.45) is 3.14. The van der Waals surface area contributed by atoms with E-state index in [9.17, 15) is 23.1 Å². The number of aromatic carboxylic acids is 1. The first-order valence-corrected chi connectivity index (χ1v) is 12.1. The van der Waals surface area contributed by atoms with Crippen molar-refractivity contribution in [2.24, 2.45) is 0 Å². The van der Waals surface area contributed by atoms with E-state index in [1.165, 1.54) is 10.7 Å². The van der Waals surface area contributed by atoms with Crippen LogP contribution in [0, 0.1) is 0 Å². The summed E-state index contributed by atoms with van der Waals surface area (Å²) in [7, 11) is -3.68. The predicted molar refractivity (Wildman–Crippen MR) is 117 cm³/mol. The summed E-state index contributed by atoms with van der Waals surface area (Å²) in [5.74, 6) is -1.74. The van der Waals surface area contributed by atoms with Crippen LogP contribution in [0.5, 0.6) is 0 Å². The Morgan fingerprint density at radius 2 is 1.62 bits per heavy atom. The minimum absolute atomic E-state index is 0.0265. The molecule has 8 nitrogen and oxygen atoms in total. The first kappa shape index (κ1) is 20.4. The summed E-state index contributed by atoms with van der Waals surface area (Å²) in [6, 6.07) is 13.3. The fourth-order valence-electron chi connectivity index (χ4n) is 4.45. The summed E-state index contributed by atoms with van der Waals surface area (Å²) >= 11 is 0. The van der Waals surface area contributed by atoms with Crippen LogP contribution in [0.3, 0.4) is 0 Å². The molecule has 0 atom stereocenters. The van der Waals surface area contributed by atoms with Gasteiger partial charge in [-0.2, -0.15) is 5.10 Å². The molecule has 0 bridgehead atoms. The summed E-state index contributed by atoms with van der Waals surface area (Å²) in [5, 5.41) is 13.9. The Bertz CT molecular complexity index is 1340. The van der Waals surface area contributed by atoms with Crippen LogP contribution < -0.4 is 0 Å². The second kappa shape index (κ2) is 7.59. The number of aromatic nitrogens is 2. The van der Waals surface area contributed by atoms with E-state index in [-0.39, 0.29) is 22.1 Å². The van der Waals surface area contributed by atoms with Crippen LogP contribution in [-0.4, -0.2) is 53.2 Å². The van der Waals surface area contributed by atoms with Gasteiger partial charge in [0, 0.05) is 29.8 Å². The van der Waals surface area contributed by atoms with Crippen molar-refractivity contribution in [1.82, 2.24) is 14.7 Å². The average molecular weight is 452 g/mol. The van der Waals surface area contributed by atoms with Crippen molar-refractivity contribution in [3.8, 4) is 16.9 Å². The number of carboxylic acids is 1. The van der Waals surface area contributed by atoms with Crippen molar-refractivity contribution in [3.63, 3.8) is 0 Å². The van der Waals surface area contributed by atoms with Gasteiger partial charge in [0.15, 0.2) is 15.5 Å². The SMILES string of the molecule is O=C(O)c1nn(-c2ccc(C(=O)N3CCCCC3)cc2)c2c1CS(=O)(=O)c1ccccc1-2. The van der Waals surface area contributed by atoms with Crippen LogP contribution in [0.1, 0.15) is 45.7 Å². The summed E-state index contributed by atoms with van der Waals surface area (Å²) < 4.78 is 27.0. The number of carboxylic acid groups (broad SMARTS) is 1. The van der Waals surface area contributed by atoms with E-state index in [0.29, 0.717) is 22.5 Å². The smallest absolute Gasteiger partial charge is 0.356 e. The fraction of sp³-hybridized carbons (Fsp3) is 0.261. The van der Waals surface area contributed by atoms with Gasteiger partial charge < -0.3 is 10.0 Å². The predicted octanol–water partition coefficient (Wildman–Crippen LogP) is 3.15. The minimum atomic E-state index is -3.68. The Labute approximate surface area is 185 Å². The third-order valence-corrected chi connectivity index (χ3v) is 7.69. The van der Waals surface area contributed by atoms with Crippen molar-refractivity contribution in [1.29, 1.82) is 0 Å². The zero-order chi connectivity index (χ0) is 22.5. The quantitative estimate of drug-likeness (QED) is 0.655. The van der Waals surface area contributed by atoms with Crippen LogP contribution in [0.4, 0.5) is 0 Å². The Balaban J connectivity index is 1.60. The van der Waals surface area contributed by atoms with Gasteiger partial charge in [-0.05, 0) is 49.6 Å². The van der Waals surface area contributed by atoms with E-state index in [1.807, 2.05) is 4.90 Å². The van der Waals surface area contributed by atoms with E-state index in [1.54, 1.807) is 42.5 Å². The minimum Gasteiger partial charge on any atom is -0.476 e. The van der Waals surface area contributed by atoms with E-state index in [2.05, 4.69) is 5.10 Å².